The predicted octanol–water partition coefficient (Wildman–Crippen LogP) is 10.8. The van der Waals surface area contributed by atoms with Crippen molar-refractivity contribution in [3.8, 4) is 11.5 Å². The van der Waals surface area contributed by atoms with Gasteiger partial charge in [-0.15, -0.1) is 0 Å². The third-order valence-corrected chi connectivity index (χ3v) is 5.08. The van der Waals surface area contributed by atoms with Crippen LogP contribution in [-0.2, 0) is 20.7 Å². The van der Waals surface area contributed by atoms with Gasteiger partial charge in [-0.3, -0.25) is 4.79 Å². The van der Waals surface area contributed by atoms with E-state index in [9.17, 15) is 13.6 Å². The molecule has 1 aromatic carbocycles. The van der Waals surface area contributed by atoms with Crippen LogP contribution in [0.1, 0.15) is 114 Å². The first-order valence-electron chi connectivity index (χ1n) is 15.3. The van der Waals surface area contributed by atoms with Crippen molar-refractivity contribution in [3.63, 3.8) is 0 Å². The fraction of sp³-hybridized carbons (Fsp3) is 0.676. The molecule has 7 heteroatoms. The number of carbonyl (C=O) groups excluding carboxylic acids is 1. The SMILES string of the molecule is CC.CC.CC.CC(C)/C(=C/COC=O)CC(F)F.CCCCO/C(C)=C\Oc1ccc(CCC(C)C)c(OC)c1. The number of methoxy groups -OCH3 is 1. The smallest absolute Gasteiger partial charge is 0.293 e. The molecule has 0 fully saturated rings. The summed E-state index contributed by atoms with van der Waals surface area (Å²) in [6.07, 6.45) is 4.96. The second kappa shape index (κ2) is 33.6. The van der Waals surface area contributed by atoms with Crippen LogP contribution in [-0.4, -0.2) is 33.2 Å². The molecular formula is C34H62F2O5. The average molecular weight is 589 g/mol. The van der Waals surface area contributed by atoms with Crippen molar-refractivity contribution >= 4 is 6.47 Å². The molecule has 0 N–H and O–H groups in total. The van der Waals surface area contributed by atoms with Crippen LogP contribution >= 0.6 is 0 Å². The molecule has 5 nitrogen and oxygen atoms in total. The Kier molecular flexibility index (Phi) is 37.3. The highest BCUT2D eigenvalue weighted by molar-refractivity contribution is 5.41. The molecule has 0 aliphatic rings. The van der Waals surface area contributed by atoms with Crippen LogP contribution in [0.3, 0.4) is 0 Å². The Morgan fingerprint density at radius 2 is 1.61 bits per heavy atom. The number of carbonyl (C=O) groups is 1. The van der Waals surface area contributed by atoms with E-state index < -0.39 is 6.43 Å². The van der Waals surface area contributed by atoms with Gasteiger partial charge in [0.2, 0.25) is 6.43 Å². The number of unbranched alkanes of at least 4 members (excludes halogenated alkanes) is 1. The van der Waals surface area contributed by atoms with Crippen LogP contribution in [0.2, 0.25) is 0 Å². The van der Waals surface area contributed by atoms with E-state index in [2.05, 4.69) is 31.6 Å². The van der Waals surface area contributed by atoms with Crippen LogP contribution < -0.4 is 9.47 Å². The van der Waals surface area contributed by atoms with Crippen molar-refractivity contribution in [1.29, 1.82) is 0 Å². The number of allylic oxidation sites excluding steroid dienone is 2. The summed E-state index contributed by atoms with van der Waals surface area (Å²) in [5.74, 6) is 3.19. The molecule has 0 aromatic heterocycles. The van der Waals surface area contributed by atoms with Crippen LogP contribution in [0.4, 0.5) is 8.78 Å². The Bertz CT molecular complexity index is 759. The zero-order valence-electron chi connectivity index (χ0n) is 28.4. The summed E-state index contributed by atoms with van der Waals surface area (Å²) in [6, 6.07) is 6.00. The fourth-order valence-corrected chi connectivity index (χ4v) is 2.94. The highest BCUT2D eigenvalue weighted by Crippen LogP contribution is 2.27. The largest absolute Gasteiger partial charge is 0.496 e. The molecule has 1 rings (SSSR count). The van der Waals surface area contributed by atoms with E-state index in [4.69, 9.17) is 14.2 Å². The zero-order chi connectivity index (χ0) is 32.6. The second-order valence-corrected chi connectivity index (χ2v) is 8.91. The van der Waals surface area contributed by atoms with Gasteiger partial charge >= 0.3 is 0 Å². The summed E-state index contributed by atoms with van der Waals surface area (Å²) in [4.78, 5) is 9.78. The van der Waals surface area contributed by atoms with Crippen molar-refractivity contribution < 1.29 is 32.5 Å². The molecule has 0 bridgehead atoms. The minimum atomic E-state index is -2.34. The van der Waals surface area contributed by atoms with Gasteiger partial charge in [0, 0.05) is 12.5 Å². The van der Waals surface area contributed by atoms with Crippen molar-refractivity contribution in [3.05, 3.63) is 47.4 Å². The van der Waals surface area contributed by atoms with E-state index in [-0.39, 0.29) is 18.9 Å². The number of ether oxygens (including phenoxy) is 4. The summed E-state index contributed by atoms with van der Waals surface area (Å²) >= 11 is 0. The highest BCUT2D eigenvalue weighted by atomic mass is 19.3. The number of halogens is 2. The van der Waals surface area contributed by atoms with Crippen LogP contribution in [0.15, 0.2) is 41.9 Å². The van der Waals surface area contributed by atoms with Crippen molar-refractivity contribution in [2.24, 2.45) is 11.8 Å². The Balaban J connectivity index is -0.000000308. The van der Waals surface area contributed by atoms with Gasteiger partial charge in [-0.1, -0.05) is 94.2 Å². The molecule has 0 amide bonds. The Labute approximate surface area is 251 Å². The molecule has 0 aliphatic heterocycles. The van der Waals surface area contributed by atoms with Crippen molar-refractivity contribution in [2.45, 2.75) is 122 Å². The van der Waals surface area contributed by atoms with E-state index in [1.54, 1.807) is 13.4 Å². The van der Waals surface area contributed by atoms with Gasteiger partial charge in [-0.2, -0.15) is 0 Å². The number of hydrogen-bond donors (Lipinski definition) is 0. The number of benzene rings is 1. The monoisotopic (exact) mass is 588 g/mol. The lowest BCUT2D eigenvalue weighted by Gasteiger charge is -2.12. The summed E-state index contributed by atoms with van der Waals surface area (Å²) < 4.78 is 45.1. The van der Waals surface area contributed by atoms with Crippen LogP contribution in [0.25, 0.3) is 0 Å². The first-order chi connectivity index (χ1) is 19.6. The lowest BCUT2D eigenvalue weighted by atomic mass is 10.0. The first kappa shape index (κ1) is 45.4. The highest BCUT2D eigenvalue weighted by Gasteiger charge is 2.10. The molecule has 0 heterocycles. The Morgan fingerprint density at radius 1 is 1.00 bits per heavy atom. The Hall–Kier alpha value is -2.57. The lowest BCUT2D eigenvalue weighted by Crippen LogP contribution is -2.02. The quantitative estimate of drug-likeness (QED) is 0.0832. The van der Waals surface area contributed by atoms with Crippen LogP contribution in [0.5, 0.6) is 11.5 Å². The van der Waals surface area contributed by atoms with Gasteiger partial charge in [0.25, 0.3) is 6.47 Å². The van der Waals surface area contributed by atoms with Gasteiger partial charge < -0.3 is 18.9 Å². The normalized spacial score (nSPS) is 10.6. The third kappa shape index (κ3) is 28.7. The van der Waals surface area contributed by atoms with E-state index >= 15 is 0 Å². The van der Waals surface area contributed by atoms with E-state index in [0.717, 1.165) is 49.5 Å². The number of hydrogen-bond acceptors (Lipinski definition) is 5. The number of rotatable bonds is 16. The molecule has 0 saturated carbocycles. The van der Waals surface area contributed by atoms with Gasteiger partial charge in [0.05, 0.1) is 13.7 Å². The van der Waals surface area contributed by atoms with Crippen molar-refractivity contribution in [1.82, 2.24) is 0 Å². The molecule has 0 radical (unpaired) electrons. The van der Waals surface area contributed by atoms with E-state index in [0.29, 0.717) is 18.0 Å². The molecule has 242 valence electrons. The molecular weight excluding hydrogens is 526 g/mol. The van der Waals surface area contributed by atoms with Crippen molar-refractivity contribution in [2.75, 3.05) is 20.3 Å². The predicted molar refractivity (Wildman–Crippen MR) is 171 cm³/mol. The molecule has 0 atom stereocenters. The first-order valence-corrected chi connectivity index (χ1v) is 15.3. The minimum Gasteiger partial charge on any atom is -0.496 e. The van der Waals surface area contributed by atoms with E-state index in [1.807, 2.05) is 74.4 Å². The number of alkyl halides is 2. The molecule has 0 unspecified atom stereocenters. The topological polar surface area (TPSA) is 54.0 Å². The fourth-order valence-electron chi connectivity index (χ4n) is 2.94. The van der Waals surface area contributed by atoms with Gasteiger partial charge in [0.15, 0.2) is 0 Å². The maximum atomic E-state index is 12.0. The Morgan fingerprint density at radius 3 is 2.07 bits per heavy atom. The number of aryl methyl sites for hydroxylation is 1. The molecule has 41 heavy (non-hydrogen) atoms. The lowest BCUT2D eigenvalue weighted by molar-refractivity contribution is -0.127. The summed E-state index contributed by atoms with van der Waals surface area (Å²) in [5.41, 5.74) is 1.85. The molecule has 0 saturated heterocycles. The summed E-state index contributed by atoms with van der Waals surface area (Å²) in [5, 5.41) is 0. The van der Waals surface area contributed by atoms with Gasteiger partial charge in [-0.05, 0) is 55.7 Å². The van der Waals surface area contributed by atoms with Gasteiger partial charge in [0.1, 0.15) is 30.1 Å². The maximum Gasteiger partial charge on any atom is 0.293 e. The van der Waals surface area contributed by atoms with E-state index in [1.165, 1.54) is 11.6 Å². The second-order valence-electron chi connectivity index (χ2n) is 8.91. The molecule has 0 spiro atoms. The zero-order valence-corrected chi connectivity index (χ0v) is 28.4. The maximum absolute atomic E-state index is 12.0. The average Bonchev–Trinajstić information content (AvgIpc) is 2.98. The van der Waals surface area contributed by atoms with Crippen LogP contribution in [0, 0.1) is 11.8 Å². The summed E-state index contributed by atoms with van der Waals surface area (Å²) in [6.45, 7) is 25.3. The molecule has 0 aliphatic carbocycles. The summed E-state index contributed by atoms with van der Waals surface area (Å²) in [7, 11) is 1.70. The molecule has 1 aromatic rings. The minimum absolute atomic E-state index is 0.0595. The standard InChI is InChI=1S/C19H30O3.C9H14F2O2.3C2H6/c1-6-7-12-21-16(4)14-22-18-11-10-17(9-8-15(2)3)19(13-18)20-5;1-7(2)8(5-9(10)11)3-4-13-6-12;3*1-2/h10-11,13-15H,6-9,12H2,1-5H3;3,6-7,9H,4-5H2,1-2H3;3*1-2H3/b16-14-;8-3+;;;. The van der Waals surface area contributed by atoms with Gasteiger partial charge in [-0.25, -0.2) is 8.78 Å². The third-order valence-electron chi connectivity index (χ3n) is 5.08.